The van der Waals surface area contributed by atoms with E-state index in [9.17, 15) is 24.3 Å². The Labute approximate surface area is 260 Å². The molecule has 2 fully saturated rings. The van der Waals surface area contributed by atoms with Crippen LogP contribution in [-0.2, 0) is 28.7 Å². The molecule has 12 heteroatoms. The molecule has 1 aromatic rings. The summed E-state index contributed by atoms with van der Waals surface area (Å²) < 4.78 is 12.7. The zero-order chi connectivity index (χ0) is 30.9. The van der Waals surface area contributed by atoms with Gasteiger partial charge in [0.15, 0.2) is 0 Å². The van der Waals surface area contributed by atoms with Crippen molar-refractivity contribution in [1.29, 1.82) is 0 Å². The molecule has 1 spiro atoms. The number of allylic oxidation sites excluding steroid dienone is 1. The number of fused-ring (bicyclic) bond motifs is 2. The van der Waals surface area contributed by atoms with Crippen molar-refractivity contribution in [2.45, 2.75) is 57.5 Å². The molecule has 0 aromatic heterocycles. The van der Waals surface area contributed by atoms with Gasteiger partial charge in [0.1, 0.15) is 29.8 Å². The normalized spacial score (nSPS) is 31.9. The number of rotatable bonds is 6. The van der Waals surface area contributed by atoms with Gasteiger partial charge in [0.2, 0.25) is 11.8 Å². The minimum atomic E-state index is -1.43. The summed E-state index contributed by atoms with van der Waals surface area (Å²) in [5.74, 6) is -3.66. The van der Waals surface area contributed by atoms with Crippen LogP contribution in [0.25, 0.3) is 0 Å². The van der Waals surface area contributed by atoms with E-state index in [4.69, 9.17) is 9.47 Å². The zero-order valence-corrected chi connectivity index (χ0v) is 26.3. The molecule has 2 N–H and O–H groups in total. The van der Waals surface area contributed by atoms with Gasteiger partial charge in [0.25, 0.3) is 5.91 Å². The number of aliphatic hydroxyl groups excluding tert-OH is 1. The monoisotopic (exact) mass is 658 g/mol. The van der Waals surface area contributed by atoms with Crippen LogP contribution in [0.1, 0.15) is 33.6 Å². The van der Waals surface area contributed by atoms with Crippen LogP contribution in [0.2, 0.25) is 0 Å². The van der Waals surface area contributed by atoms with Gasteiger partial charge in [-0.3, -0.25) is 19.2 Å². The summed E-state index contributed by atoms with van der Waals surface area (Å²) in [5, 5.41) is 12.7. The predicted molar refractivity (Wildman–Crippen MR) is 163 cm³/mol. The molecule has 43 heavy (non-hydrogen) atoms. The number of benzene rings is 1. The highest BCUT2D eigenvalue weighted by Gasteiger charge is 2.74. The van der Waals surface area contributed by atoms with Crippen molar-refractivity contribution in [3.63, 3.8) is 0 Å². The van der Waals surface area contributed by atoms with Gasteiger partial charge in [-0.1, -0.05) is 28.1 Å². The summed E-state index contributed by atoms with van der Waals surface area (Å²) >= 11 is 3.53. The number of carbonyl (C=O) groups excluding carboxylic acids is 4. The Hall–Kier alpha value is -3.22. The number of esters is 1. The van der Waals surface area contributed by atoms with Gasteiger partial charge in [-0.2, -0.15) is 0 Å². The third kappa shape index (κ3) is 5.60. The molecule has 3 amide bonds. The first-order chi connectivity index (χ1) is 20.7. The summed E-state index contributed by atoms with van der Waals surface area (Å²) in [6.45, 7) is 7.34. The Morgan fingerprint density at radius 1 is 1.09 bits per heavy atom. The van der Waals surface area contributed by atoms with Gasteiger partial charge in [0.05, 0.1) is 19.1 Å². The van der Waals surface area contributed by atoms with E-state index in [0.29, 0.717) is 16.6 Å². The van der Waals surface area contributed by atoms with Crippen molar-refractivity contribution in [1.82, 2.24) is 10.2 Å². The Kier molecular flexibility index (Phi) is 9.29. The predicted octanol–water partition coefficient (Wildman–Crippen LogP) is 2.13. The molecule has 232 valence electrons. The van der Waals surface area contributed by atoms with Crippen LogP contribution in [0.3, 0.4) is 0 Å². The molecule has 0 unspecified atom stereocenters. The first-order valence-electron chi connectivity index (χ1n) is 14.9. The largest absolute Gasteiger partial charge is 0.460 e. The number of cyclic esters (lactones) is 1. The Morgan fingerprint density at radius 2 is 1.81 bits per heavy atom. The van der Waals surface area contributed by atoms with Crippen LogP contribution in [0.5, 0.6) is 0 Å². The highest BCUT2D eigenvalue weighted by molar-refractivity contribution is 9.11. The van der Waals surface area contributed by atoms with E-state index in [-0.39, 0.29) is 38.6 Å². The van der Waals surface area contributed by atoms with E-state index in [2.05, 4.69) is 40.0 Å². The molecule has 0 aliphatic carbocycles. The first kappa shape index (κ1) is 31.2. The molecule has 4 aliphatic rings. The smallest absolute Gasteiger partial charge is 0.313 e. The maximum Gasteiger partial charge on any atom is 0.313 e. The summed E-state index contributed by atoms with van der Waals surface area (Å²) in [7, 11) is 0. The Bertz CT molecular complexity index is 1310. The standard InChI is InChI=1S/C31H39BrN4O7/c1-4-34(5-2)20-10-12-21(13-11-20)35-14-8-6-7-9-23(38)33-18-19(3)42-30(41)24-25-28(39)36(15-16-37)27(29(35)40)31(25)17-22(32)26(24)43-31/h6,8,10-13,17,19,24-27,37H,4-5,7,9,14-16,18H2,1-3H3,(H,33,38)/b8-6-/t19-,24+,25-,26+,27+,31-/m1/s1. The molecule has 5 bridgehead atoms. The van der Waals surface area contributed by atoms with Crippen LogP contribution in [0.15, 0.2) is 47.0 Å². The lowest BCUT2D eigenvalue weighted by molar-refractivity contribution is -0.158. The van der Waals surface area contributed by atoms with Crippen LogP contribution in [-0.4, -0.2) is 96.9 Å². The average molecular weight is 660 g/mol. The van der Waals surface area contributed by atoms with Crippen LogP contribution in [0.4, 0.5) is 11.4 Å². The van der Waals surface area contributed by atoms with Crippen molar-refractivity contribution in [3.8, 4) is 0 Å². The second kappa shape index (κ2) is 12.8. The SMILES string of the molecule is CCN(CC)c1ccc(N2C/C=C\CCC(=O)NC[C@@H](C)OC(=O)[C@@H]3[C@H]4O[C@@]5(C=C4Br)[C@H](C2=O)N(CCO)C(=O)[C@@H]35)cc1. The molecule has 5 rings (SSSR count). The van der Waals surface area contributed by atoms with E-state index in [1.165, 1.54) is 4.90 Å². The van der Waals surface area contributed by atoms with Gasteiger partial charge in [-0.15, -0.1) is 0 Å². The number of anilines is 2. The quantitative estimate of drug-likeness (QED) is 0.352. The summed E-state index contributed by atoms with van der Waals surface area (Å²) in [6, 6.07) is 6.54. The fraction of sp³-hybridized carbons (Fsp3) is 0.548. The molecule has 2 saturated heterocycles. The van der Waals surface area contributed by atoms with Gasteiger partial charge < -0.3 is 34.6 Å². The van der Waals surface area contributed by atoms with E-state index >= 15 is 0 Å². The van der Waals surface area contributed by atoms with Crippen molar-refractivity contribution in [3.05, 3.63) is 47.0 Å². The minimum Gasteiger partial charge on any atom is -0.460 e. The number of likely N-dealkylation sites (tertiary alicyclic amines) is 1. The molecule has 1 aromatic carbocycles. The lowest BCUT2D eigenvalue weighted by atomic mass is 9.74. The van der Waals surface area contributed by atoms with Crippen LogP contribution < -0.4 is 15.1 Å². The number of carbonyl (C=O) groups is 4. The van der Waals surface area contributed by atoms with Crippen LogP contribution >= 0.6 is 15.9 Å². The van der Waals surface area contributed by atoms with E-state index in [1.54, 1.807) is 17.9 Å². The molecular formula is C31H39BrN4O7. The number of nitrogens with zero attached hydrogens (tertiary/aromatic N) is 3. The Morgan fingerprint density at radius 3 is 2.49 bits per heavy atom. The number of hydrogen-bond acceptors (Lipinski definition) is 8. The Balaban J connectivity index is 1.59. The van der Waals surface area contributed by atoms with Crippen molar-refractivity contribution in [2.75, 3.05) is 49.1 Å². The number of amides is 3. The summed E-state index contributed by atoms with van der Waals surface area (Å²) in [5.41, 5.74) is 0.216. The lowest BCUT2D eigenvalue weighted by Crippen LogP contribution is -2.56. The topological polar surface area (TPSA) is 129 Å². The fourth-order valence-electron chi connectivity index (χ4n) is 6.69. The zero-order valence-electron chi connectivity index (χ0n) is 24.7. The number of hydrogen-bond donors (Lipinski definition) is 2. The summed E-state index contributed by atoms with van der Waals surface area (Å²) in [6.07, 6.45) is 4.68. The lowest BCUT2D eigenvalue weighted by Gasteiger charge is -2.35. The number of aliphatic hydroxyl groups is 1. The number of ether oxygens (including phenoxy) is 2. The van der Waals surface area contributed by atoms with Crippen LogP contribution in [0, 0.1) is 11.8 Å². The maximum absolute atomic E-state index is 14.7. The molecule has 11 nitrogen and oxygen atoms in total. The highest BCUT2D eigenvalue weighted by atomic mass is 79.9. The number of β-amino-alcohol motifs (C(OH)–C–C–N with tert-alkyl or cyclic N) is 1. The summed E-state index contributed by atoms with van der Waals surface area (Å²) in [4.78, 5) is 59.8. The van der Waals surface area contributed by atoms with Crippen molar-refractivity contribution in [2.24, 2.45) is 11.8 Å². The third-order valence-electron chi connectivity index (χ3n) is 8.73. The molecule has 6 atom stereocenters. The average Bonchev–Trinajstić information content (AvgIpc) is 3.58. The first-order valence-corrected chi connectivity index (χ1v) is 15.7. The van der Waals surface area contributed by atoms with E-state index in [0.717, 1.165) is 18.8 Å². The van der Waals surface area contributed by atoms with Crippen molar-refractivity contribution < 1.29 is 33.8 Å². The van der Waals surface area contributed by atoms with Gasteiger partial charge in [-0.05, 0) is 57.5 Å². The highest BCUT2D eigenvalue weighted by Crippen LogP contribution is 2.58. The van der Waals surface area contributed by atoms with Crippen molar-refractivity contribution >= 4 is 51.0 Å². The van der Waals surface area contributed by atoms with Gasteiger partial charge >= 0.3 is 5.97 Å². The third-order valence-corrected chi connectivity index (χ3v) is 9.41. The molecule has 4 heterocycles. The second-order valence-electron chi connectivity index (χ2n) is 11.3. The second-order valence-corrected chi connectivity index (χ2v) is 12.2. The number of nitrogens with one attached hydrogen (secondary N) is 1. The molecule has 0 radical (unpaired) electrons. The van der Waals surface area contributed by atoms with E-state index in [1.807, 2.05) is 36.4 Å². The van der Waals surface area contributed by atoms with E-state index < -0.39 is 53.5 Å². The molecule has 4 aliphatic heterocycles. The number of halogens is 1. The maximum atomic E-state index is 14.7. The van der Waals surface area contributed by atoms with Gasteiger partial charge in [-0.25, -0.2) is 0 Å². The van der Waals surface area contributed by atoms with Gasteiger partial charge in [0, 0.05) is 48.5 Å². The fourth-order valence-corrected chi connectivity index (χ4v) is 7.43. The minimum absolute atomic E-state index is 0.0955. The molecular weight excluding hydrogens is 620 g/mol. The molecule has 0 saturated carbocycles.